The van der Waals surface area contributed by atoms with Crippen LogP contribution in [0.2, 0.25) is 0 Å². The number of amides is 1. The molecule has 3 unspecified atom stereocenters. The fraction of sp³-hybridized carbons (Fsp3) is 0.361. The van der Waals surface area contributed by atoms with Gasteiger partial charge in [-0.2, -0.15) is 0 Å². The second kappa shape index (κ2) is 14.1. The van der Waals surface area contributed by atoms with E-state index in [1.807, 2.05) is 39.0 Å². The number of nitrogen functional groups attached to an aromatic ring is 1. The molecule has 3 aromatic carbocycles. The molecule has 5 rings (SSSR count). The molecular weight excluding hydrogens is 632 g/mol. The topological polar surface area (TPSA) is 161 Å². The Hall–Kier alpha value is -4.84. The lowest BCUT2D eigenvalue weighted by molar-refractivity contribution is -0.143. The molecular formula is C36H42N4O7S. The minimum absolute atomic E-state index is 0.0232. The number of hydrogen-bond donors (Lipinski definition) is 3. The number of nitrogens with zero attached hydrogens (tertiary/aromatic N) is 2. The highest BCUT2D eigenvalue weighted by atomic mass is 32.2. The number of rotatable bonds is 12. The number of ether oxygens (including phenoxy) is 2. The minimum Gasteiger partial charge on any atom is -0.490 e. The van der Waals surface area contributed by atoms with Crippen LogP contribution in [0.1, 0.15) is 64.3 Å². The molecule has 254 valence electrons. The summed E-state index contributed by atoms with van der Waals surface area (Å²) in [6.45, 7) is 9.29. The molecule has 0 aliphatic carbocycles. The molecule has 11 nitrogen and oxygen atoms in total. The number of anilines is 2. The van der Waals surface area contributed by atoms with Crippen molar-refractivity contribution < 1.29 is 32.6 Å². The Kier molecular flexibility index (Phi) is 10.1. The molecule has 0 spiro atoms. The third kappa shape index (κ3) is 6.89. The largest absolute Gasteiger partial charge is 0.490 e. The molecule has 4 aromatic rings. The van der Waals surface area contributed by atoms with E-state index in [-0.39, 0.29) is 29.5 Å². The van der Waals surface area contributed by atoms with Gasteiger partial charge in [0.1, 0.15) is 11.9 Å². The zero-order valence-corrected chi connectivity index (χ0v) is 28.5. The Morgan fingerprint density at radius 3 is 2.48 bits per heavy atom. The Morgan fingerprint density at radius 2 is 1.79 bits per heavy atom. The van der Waals surface area contributed by atoms with Gasteiger partial charge in [-0.15, -0.1) is 0 Å². The lowest BCUT2D eigenvalue weighted by Crippen LogP contribution is -2.40. The number of carboxylic acid groups (broad SMARTS) is 1. The number of carbonyl (C=O) groups excluding carboxylic acids is 1. The summed E-state index contributed by atoms with van der Waals surface area (Å²) in [7, 11) is -3.81. The normalized spacial score (nSPS) is 17.1. The fourth-order valence-electron chi connectivity index (χ4n) is 6.16. The molecule has 0 bridgehead atoms. The van der Waals surface area contributed by atoms with Crippen LogP contribution in [-0.4, -0.2) is 59.8 Å². The Bertz CT molecular complexity index is 1930. The Morgan fingerprint density at radius 1 is 1.04 bits per heavy atom. The van der Waals surface area contributed by atoms with E-state index in [4.69, 9.17) is 15.2 Å². The zero-order chi connectivity index (χ0) is 34.7. The van der Waals surface area contributed by atoms with Crippen molar-refractivity contribution in [2.45, 2.75) is 69.4 Å². The number of aliphatic carboxylic acids is 1. The van der Waals surface area contributed by atoms with E-state index in [0.29, 0.717) is 35.2 Å². The van der Waals surface area contributed by atoms with Crippen LogP contribution in [0.3, 0.4) is 0 Å². The summed E-state index contributed by atoms with van der Waals surface area (Å²) in [4.78, 5) is 33.2. The van der Waals surface area contributed by atoms with E-state index < -0.39 is 45.0 Å². The standard InChI is InChI=1S/C36H42N4O7S/c1-6-46-30-20-24(11-14-29(30)47-21(2)3)32(39-25-12-13-26-23(19-25)15-17-38-34(26)37)35(41)40-18-16-28(36(42)43)33(40)27-9-7-8-10-31(27)48(44,45)22(4)5/h7-15,17,19-22,28,32-33,39H,6,16,18H2,1-5H3,(H2,37,38)(H,42,43). The Labute approximate surface area is 281 Å². The first kappa shape index (κ1) is 34.5. The SMILES string of the molecule is CCOc1cc(C(Nc2ccc3c(N)nccc3c2)C(=O)N2CCC(C(=O)O)C2c2ccccc2S(=O)(=O)C(C)C)ccc1OC(C)C. The average Bonchev–Trinajstić information content (AvgIpc) is 3.50. The van der Waals surface area contributed by atoms with Crippen LogP contribution in [0.4, 0.5) is 11.5 Å². The van der Waals surface area contributed by atoms with Gasteiger partial charge in [-0.25, -0.2) is 13.4 Å². The second-order valence-electron chi connectivity index (χ2n) is 12.4. The van der Waals surface area contributed by atoms with E-state index >= 15 is 0 Å². The van der Waals surface area contributed by atoms with Gasteiger partial charge in [-0.3, -0.25) is 9.59 Å². The maximum absolute atomic E-state index is 14.9. The number of carbonyl (C=O) groups is 2. The maximum Gasteiger partial charge on any atom is 0.309 e. The van der Waals surface area contributed by atoms with Gasteiger partial charge in [0, 0.05) is 23.8 Å². The van der Waals surface area contributed by atoms with E-state index in [0.717, 1.165) is 10.8 Å². The number of aromatic nitrogens is 1. The third-order valence-corrected chi connectivity index (χ3v) is 10.7. The molecule has 2 heterocycles. The van der Waals surface area contributed by atoms with Gasteiger partial charge in [-0.1, -0.05) is 24.3 Å². The van der Waals surface area contributed by atoms with E-state index in [2.05, 4.69) is 10.3 Å². The van der Waals surface area contributed by atoms with Crippen molar-refractivity contribution in [1.82, 2.24) is 9.88 Å². The summed E-state index contributed by atoms with van der Waals surface area (Å²) in [5.41, 5.74) is 7.53. The fourth-order valence-corrected chi connectivity index (χ4v) is 7.45. The van der Waals surface area contributed by atoms with Crippen LogP contribution >= 0.6 is 0 Å². The van der Waals surface area contributed by atoms with Crippen molar-refractivity contribution in [2.75, 3.05) is 24.2 Å². The van der Waals surface area contributed by atoms with Crippen LogP contribution < -0.4 is 20.5 Å². The molecule has 3 atom stereocenters. The number of nitrogens with two attached hydrogens (primary N) is 1. The van der Waals surface area contributed by atoms with Crippen LogP contribution in [0.25, 0.3) is 10.8 Å². The molecule has 1 aliphatic heterocycles. The lowest BCUT2D eigenvalue weighted by Gasteiger charge is -2.33. The molecule has 1 saturated heterocycles. The van der Waals surface area contributed by atoms with Gasteiger partial charge in [0.15, 0.2) is 21.3 Å². The number of hydrogen-bond acceptors (Lipinski definition) is 9. The molecule has 1 fully saturated rings. The van der Waals surface area contributed by atoms with Crippen molar-refractivity contribution in [2.24, 2.45) is 5.92 Å². The number of sulfone groups is 1. The highest BCUT2D eigenvalue weighted by Gasteiger charge is 2.46. The van der Waals surface area contributed by atoms with Gasteiger partial charge >= 0.3 is 5.97 Å². The summed E-state index contributed by atoms with van der Waals surface area (Å²) in [6, 6.07) is 16.9. The number of nitrogens with one attached hydrogen (secondary N) is 1. The molecule has 1 amide bonds. The van der Waals surface area contributed by atoms with Crippen molar-refractivity contribution >= 4 is 44.0 Å². The summed E-state index contributed by atoms with van der Waals surface area (Å²) in [6.07, 6.45) is 1.64. The smallest absolute Gasteiger partial charge is 0.309 e. The molecule has 0 saturated carbocycles. The lowest BCUT2D eigenvalue weighted by atomic mass is 9.93. The van der Waals surface area contributed by atoms with Gasteiger partial charge in [-0.05, 0) is 100 Å². The van der Waals surface area contributed by atoms with Crippen LogP contribution in [0.5, 0.6) is 11.5 Å². The van der Waals surface area contributed by atoms with Crippen molar-refractivity contribution in [3.63, 3.8) is 0 Å². The minimum atomic E-state index is -3.81. The quantitative estimate of drug-likeness (QED) is 0.162. The summed E-state index contributed by atoms with van der Waals surface area (Å²) in [5, 5.41) is 14.5. The van der Waals surface area contributed by atoms with Crippen LogP contribution in [-0.2, 0) is 19.4 Å². The number of likely N-dealkylation sites (tertiary alicyclic amines) is 1. The number of fused-ring (bicyclic) bond motifs is 1. The van der Waals surface area contributed by atoms with Crippen LogP contribution in [0.15, 0.2) is 77.8 Å². The van der Waals surface area contributed by atoms with E-state index in [1.54, 1.807) is 62.5 Å². The van der Waals surface area contributed by atoms with Gasteiger partial charge in [0.25, 0.3) is 0 Å². The molecule has 12 heteroatoms. The predicted octanol–water partition coefficient (Wildman–Crippen LogP) is 6.01. The van der Waals surface area contributed by atoms with Crippen molar-refractivity contribution in [3.05, 3.63) is 84.1 Å². The van der Waals surface area contributed by atoms with Crippen molar-refractivity contribution in [3.8, 4) is 11.5 Å². The third-order valence-electron chi connectivity index (χ3n) is 8.48. The summed E-state index contributed by atoms with van der Waals surface area (Å²) in [5.74, 6) is -1.19. The molecule has 0 radical (unpaired) electrons. The molecule has 1 aromatic heterocycles. The molecule has 1 aliphatic rings. The van der Waals surface area contributed by atoms with Gasteiger partial charge in [0.2, 0.25) is 5.91 Å². The van der Waals surface area contributed by atoms with Gasteiger partial charge in [0.05, 0.1) is 34.8 Å². The number of benzene rings is 3. The highest BCUT2D eigenvalue weighted by Crippen LogP contribution is 2.43. The maximum atomic E-state index is 14.9. The van der Waals surface area contributed by atoms with E-state index in [1.165, 1.54) is 11.0 Å². The zero-order valence-electron chi connectivity index (χ0n) is 27.7. The monoisotopic (exact) mass is 674 g/mol. The second-order valence-corrected chi connectivity index (χ2v) is 14.8. The first-order valence-electron chi connectivity index (χ1n) is 16.0. The van der Waals surface area contributed by atoms with E-state index in [9.17, 15) is 23.1 Å². The highest BCUT2D eigenvalue weighted by molar-refractivity contribution is 7.92. The summed E-state index contributed by atoms with van der Waals surface area (Å²) < 4.78 is 38.9. The number of pyridine rings is 1. The van der Waals surface area contributed by atoms with Crippen molar-refractivity contribution in [1.29, 1.82) is 0 Å². The molecule has 4 N–H and O–H groups in total. The molecule has 48 heavy (non-hydrogen) atoms. The number of carboxylic acids is 1. The average molecular weight is 675 g/mol. The predicted molar refractivity (Wildman–Crippen MR) is 185 cm³/mol. The summed E-state index contributed by atoms with van der Waals surface area (Å²) >= 11 is 0. The Balaban J connectivity index is 1.64. The van der Waals surface area contributed by atoms with Crippen LogP contribution in [0, 0.1) is 5.92 Å². The first-order chi connectivity index (χ1) is 22.8. The van der Waals surface area contributed by atoms with Gasteiger partial charge < -0.3 is 30.5 Å². The first-order valence-corrected chi connectivity index (χ1v) is 17.6.